The van der Waals surface area contributed by atoms with Gasteiger partial charge in [-0.15, -0.1) is 0 Å². The van der Waals surface area contributed by atoms with Crippen molar-refractivity contribution >= 4 is 17.0 Å². The second kappa shape index (κ2) is 7.17. The monoisotopic (exact) mass is 189 g/mol. The van der Waals surface area contributed by atoms with Crippen molar-refractivity contribution < 1.29 is 4.79 Å². The minimum Gasteiger partial charge on any atom is -0.306 e. The van der Waals surface area contributed by atoms with Crippen molar-refractivity contribution in [2.45, 2.75) is 32.6 Å². The summed E-state index contributed by atoms with van der Waals surface area (Å²) in [6.45, 7) is 6.34. The molecule has 0 bridgehead atoms. The van der Waals surface area contributed by atoms with E-state index in [9.17, 15) is 4.79 Å². The van der Waals surface area contributed by atoms with E-state index in [0.29, 0.717) is 6.54 Å². The van der Waals surface area contributed by atoms with Crippen LogP contribution in [0.5, 0.6) is 0 Å². The highest BCUT2D eigenvalue weighted by Crippen LogP contribution is 2.03. The molecule has 0 saturated carbocycles. The van der Waals surface area contributed by atoms with Gasteiger partial charge in [-0.25, -0.2) is 0 Å². The van der Waals surface area contributed by atoms with Gasteiger partial charge in [-0.1, -0.05) is 32.8 Å². The molecule has 0 spiro atoms. The van der Waals surface area contributed by atoms with Crippen LogP contribution in [0.3, 0.4) is 0 Å². The normalized spacial score (nSPS) is 9.50. The molecule has 0 aromatic rings. The van der Waals surface area contributed by atoms with Gasteiger partial charge in [0.05, 0.1) is 0 Å². The van der Waals surface area contributed by atoms with E-state index in [2.05, 4.69) is 13.5 Å². The summed E-state index contributed by atoms with van der Waals surface area (Å²) in [4.78, 5) is 12.1. The molecule has 0 aromatic heterocycles. The average Bonchev–Trinajstić information content (AvgIpc) is 2.04. The molecule has 0 aliphatic rings. The Morgan fingerprint density at radius 2 is 2.17 bits per heavy atom. The van der Waals surface area contributed by atoms with Gasteiger partial charge in [0.2, 0.25) is 0 Å². The molecule has 2 nitrogen and oxygen atoms in total. The number of carbonyl (C=O) groups is 1. The number of hydrogen-bond acceptors (Lipinski definition) is 1. The van der Waals surface area contributed by atoms with E-state index < -0.39 is 5.37 Å². The fourth-order valence-electron chi connectivity index (χ4n) is 0.960. The third kappa shape index (κ3) is 5.19. The van der Waals surface area contributed by atoms with E-state index >= 15 is 0 Å². The lowest BCUT2D eigenvalue weighted by Crippen LogP contribution is -2.20. The summed E-state index contributed by atoms with van der Waals surface area (Å²) in [7, 11) is 0. The van der Waals surface area contributed by atoms with Crippen LogP contribution in [-0.4, -0.2) is 16.8 Å². The first-order valence-electron chi connectivity index (χ1n) is 4.31. The van der Waals surface area contributed by atoms with E-state index in [-0.39, 0.29) is 0 Å². The van der Waals surface area contributed by atoms with Gasteiger partial charge in [0.1, 0.15) is 0 Å². The second-order valence-corrected chi connectivity index (χ2v) is 3.01. The van der Waals surface area contributed by atoms with Gasteiger partial charge in [-0.3, -0.25) is 4.79 Å². The van der Waals surface area contributed by atoms with Crippen LogP contribution in [0, 0.1) is 0 Å². The van der Waals surface area contributed by atoms with Crippen LogP contribution in [0.4, 0.5) is 4.79 Å². The number of amides is 1. The van der Waals surface area contributed by atoms with E-state index in [0.717, 1.165) is 12.8 Å². The molecule has 0 saturated heterocycles. The minimum atomic E-state index is -0.443. The Morgan fingerprint density at radius 1 is 1.50 bits per heavy atom. The number of rotatable bonds is 6. The zero-order valence-electron chi connectivity index (χ0n) is 7.55. The number of carbonyl (C=O) groups excluding carboxylic acids is 1. The van der Waals surface area contributed by atoms with E-state index in [1.54, 1.807) is 0 Å². The molecule has 3 heteroatoms. The van der Waals surface area contributed by atoms with Crippen LogP contribution < -0.4 is 0 Å². The van der Waals surface area contributed by atoms with Crippen LogP contribution in [0.1, 0.15) is 32.6 Å². The lowest BCUT2D eigenvalue weighted by Gasteiger charge is -2.13. The number of unbranched alkanes of at least 4 members (excludes halogenated alkanes) is 3. The summed E-state index contributed by atoms with van der Waals surface area (Å²) in [5.74, 6) is 0. The van der Waals surface area contributed by atoms with Gasteiger partial charge in [0, 0.05) is 12.7 Å². The van der Waals surface area contributed by atoms with Crippen LogP contribution in [0.15, 0.2) is 12.8 Å². The Kier molecular flexibility index (Phi) is 6.87. The van der Waals surface area contributed by atoms with Crippen molar-refractivity contribution in [3.8, 4) is 0 Å². The molecule has 0 aromatic carbocycles. The predicted octanol–water partition coefficient (Wildman–Crippen LogP) is 3.37. The molecule has 1 amide bonds. The molecule has 0 aliphatic carbocycles. The van der Waals surface area contributed by atoms with Gasteiger partial charge in [-0.2, -0.15) is 0 Å². The van der Waals surface area contributed by atoms with E-state index in [1.807, 2.05) is 0 Å². The summed E-state index contributed by atoms with van der Waals surface area (Å²) in [6, 6.07) is 0. The molecular weight excluding hydrogens is 174 g/mol. The highest BCUT2D eigenvalue weighted by molar-refractivity contribution is 6.62. The highest BCUT2D eigenvalue weighted by atomic mass is 35.5. The molecule has 0 N–H and O–H groups in total. The largest absolute Gasteiger partial charge is 0.320 e. The van der Waals surface area contributed by atoms with Crippen molar-refractivity contribution in [2.24, 2.45) is 0 Å². The van der Waals surface area contributed by atoms with Gasteiger partial charge in [0.15, 0.2) is 0 Å². The first kappa shape index (κ1) is 11.5. The summed E-state index contributed by atoms with van der Waals surface area (Å²) < 4.78 is 0. The van der Waals surface area contributed by atoms with Crippen LogP contribution in [0.25, 0.3) is 0 Å². The number of halogens is 1. The van der Waals surface area contributed by atoms with Gasteiger partial charge in [-0.05, 0) is 18.0 Å². The van der Waals surface area contributed by atoms with Gasteiger partial charge >= 0.3 is 5.37 Å². The van der Waals surface area contributed by atoms with Crippen molar-refractivity contribution in [3.63, 3.8) is 0 Å². The minimum absolute atomic E-state index is 0.443. The molecule has 0 heterocycles. The summed E-state index contributed by atoms with van der Waals surface area (Å²) >= 11 is 5.27. The third-order valence-corrected chi connectivity index (χ3v) is 1.92. The maximum Gasteiger partial charge on any atom is 0.320 e. The molecule has 0 aliphatic heterocycles. The molecule has 0 radical (unpaired) electrons. The van der Waals surface area contributed by atoms with Crippen molar-refractivity contribution in [1.82, 2.24) is 4.90 Å². The van der Waals surface area contributed by atoms with E-state index in [1.165, 1.54) is 23.9 Å². The van der Waals surface area contributed by atoms with Gasteiger partial charge < -0.3 is 4.90 Å². The molecular formula is C9H16ClNO. The predicted molar refractivity (Wildman–Crippen MR) is 52.3 cm³/mol. The second-order valence-electron chi connectivity index (χ2n) is 2.69. The van der Waals surface area contributed by atoms with Crippen molar-refractivity contribution in [1.29, 1.82) is 0 Å². The van der Waals surface area contributed by atoms with Crippen LogP contribution >= 0.6 is 11.6 Å². The topological polar surface area (TPSA) is 20.3 Å². The van der Waals surface area contributed by atoms with Crippen molar-refractivity contribution in [3.05, 3.63) is 12.8 Å². The molecule has 0 fully saturated rings. The maximum absolute atomic E-state index is 10.7. The molecule has 0 atom stereocenters. The standard InChI is InChI=1S/C9H16ClNO/c1-3-5-6-7-8-11(4-2)9(10)12/h4H,2-3,5-8H2,1H3. The highest BCUT2D eigenvalue weighted by Gasteiger charge is 2.04. The number of hydrogen-bond donors (Lipinski definition) is 0. The summed E-state index contributed by atoms with van der Waals surface area (Å²) in [6.07, 6.45) is 6.02. The fourth-order valence-corrected chi connectivity index (χ4v) is 1.11. The SMILES string of the molecule is C=CN(CCCCCC)C(=O)Cl. The first-order chi connectivity index (χ1) is 5.72. The fraction of sp³-hybridized carbons (Fsp3) is 0.667. The molecule has 12 heavy (non-hydrogen) atoms. The Balaban J connectivity index is 3.45. The number of nitrogens with zero attached hydrogens (tertiary/aromatic N) is 1. The van der Waals surface area contributed by atoms with E-state index in [4.69, 9.17) is 11.6 Å². The maximum atomic E-state index is 10.7. The quantitative estimate of drug-likeness (QED) is 0.357. The van der Waals surface area contributed by atoms with Crippen LogP contribution in [-0.2, 0) is 0 Å². The first-order valence-corrected chi connectivity index (χ1v) is 4.68. The Bertz CT molecular complexity index is 147. The molecule has 70 valence electrons. The Hall–Kier alpha value is -0.500. The lowest BCUT2D eigenvalue weighted by molar-refractivity contribution is 0.237. The summed E-state index contributed by atoms with van der Waals surface area (Å²) in [5.41, 5.74) is 0. The van der Waals surface area contributed by atoms with Gasteiger partial charge in [0.25, 0.3) is 0 Å². The summed E-state index contributed by atoms with van der Waals surface area (Å²) in [5, 5.41) is -0.443. The zero-order valence-corrected chi connectivity index (χ0v) is 8.31. The average molecular weight is 190 g/mol. The molecule has 0 rings (SSSR count). The molecule has 0 unspecified atom stereocenters. The van der Waals surface area contributed by atoms with Crippen LogP contribution in [0.2, 0.25) is 0 Å². The zero-order chi connectivity index (χ0) is 9.40. The lowest BCUT2D eigenvalue weighted by atomic mass is 10.2. The Labute approximate surface area is 79.2 Å². The smallest absolute Gasteiger partial charge is 0.306 e. The third-order valence-electron chi connectivity index (χ3n) is 1.70. The van der Waals surface area contributed by atoms with Crippen molar-refractivity contribution in [2.75, 3.05) is 6.54 Å². The Morgan fingerprint density at radius 3 is 2.58 bits per heavy atom.